The molecule has 7 heteroatoms. The molecule has 1 aliphatic carbocycles. The molecular formula is C12H13FN2O3S. The van der Waals surface area contributed by atoms with Gasteiger partial charge >= 0.3 is 0 Å². The van der Waals surface area contributed by atoms with Crippen LogP contribution in [-0.4, -0.2) is 26.7 Å². The lowest BCUT2D eigenvalue weighted by Crippen LogP contribution is -2.32. The number of hydrogen-bond donors (Lipinski definition) is 2. The first-order valence-corrected chi connectivity index (χ1v) is 7.21. The van der Waals surface area contributed by atoms with Gasteiger partial charge in [-0.25, -0.2) is 17.5 Å². The number of sulfonamides is 1. The number of aliphatic hydroxyl groups excluding tert-OH is 1. The zero-order valence-electron chi connectivity index (χ0n) is 10.1. The minimum atomic E-state index is -3.79. The third-order valence-electron chi connectivity index (χ3n) is 3.30. The summed E-state index contributed by atoms with van der Waals surface area (Å²) < 4.78 is 39.5. The lowest BCUT2D eigenvalue weighted by molar-refractivity contribution is 0.213. The minimum absolute atomic E-state index is 0.0671. The summed E-state index contributed by atoms with van der Waals surface area (Å²) in [6, 6.07) is 4.65. The van der Waals surface area contributed by atoms with Gasteiger partial charge in [0.05, 0.1) is 10.5 Å². The highest BCUT2D eigenvalue weighted by atomic mass is 32.2. The first kappa shape index (κ1) is 13.9. The zero-order chi connectivity index (χ0) is 14.1. The molecule has 0 amide bonds. The van der Waals surface area contributed by atoms with Crippen LogP contribution in [-0.2, 0) is 10.0 Å². The van der Waals surface area contributed by atoms with Crippen LogP contribution in [0.1, 0.15) is 18.4 Å². The highest BCUT2D eigenvalue weighted by Gasteiger charge is 2.42. The molecule has 19 heavy (non-hydrogen) atoms. The van der Waals surface area contributed by atoms with Gasteiger partial charge in [0, 0.05) is 18.6 Å². The molecule has 0 aromatic heterocycles. The van der Waals surface area contributed by atoms with Gasteiger partial charge < -0.3 is 5.11 Å². The number of hydrogen-bond acceptors (Lipinski definition) is 4. The van der Waals surface area contributed by atoms with Crippen molar-refractivity contribution in [3.8, 4) is 6.07 Å². The maximum Gasteiger partial charge on any atom is 0.240 e. The number of aliphatic hydroxyl groups is 1. The predicted molar refractivity (Wildman–Crippen MR) is 65.1 cm³/mol. The van der Waals surface area contributed by atoms with E-state index in [0.29, 0.717) is 0 Å². The Morgan fingerprint density at radius 3 is 2.68 bits per heavy atom. The maximum absolute atomic E-state index is 13.1. The standard InChI is InChI=1S/C12H13FN2O3S/c13-11-2-1-10(5-9(11)6-14)19(17,18)15-7-12(8-16)3-4-12/h1-2,5,15-16H,3-4,7-8H2. The quantitative estimate of drug-likeness (QED) is 0.834. The van der Waals surface area contributed by atoms with Gasteiger partial charge in [0.25, 0.3) is 0 Å². The Morgan fingerprint density at radius 2 is 2.16 bits per heavy atom. The normalized spacial score (nSPS) is 16.9. The molecule has 0 bridgehead atoms. The first-order chi connectivity index (χ1) is 8.92. The summed E-state index contributed by atoms with van der Waals surface area (Å²) in [5.74, 6) is -0.754. The van der Waals surface area contributed by atoms with Crippen LogP contribution in [0.3, 0.4) is 0 Å². The largest absolute Gasteiger partial charge is 0.396 e. The Bertz CT molecular complexity index is 633. The highest BCUT2D eigenvalue weighted by Crippen LogP contribution is 2.44. The average Bonchev–Trinajstić information content (AvgIpc) is 3.17. The van der Waals surface area contributed by atoms with Gasteiger partial charge in [-0.2, -0.15) is 5.26 Å². The summed E-state index contributed by atoms with van der Waals surface area (Å²) in [6.07, 6.45) is 1.55. The van der Waals surface area contributed by atoms with Crippen molar-refractivity contribution < 1.29 is 17.9 Å². The molecule has 1 saturated carbocycles. The lowest BCUT2D eigenvalue weighted by atomic mass is 10.1. The van der Waals surface area contributed by atoms with Crippen LogP contribution < -0.4 is 4.72 Å². The molecule has 1 aliphatic rings. The molecule has 0 spiro atoms. The van der Waals surface area contributed by atoms with E-state index in [1.54, 1.807) is 6.07 Å². The van der Waals surface area contributed by atoms with Crippen molar-refractivity contribution in [3.05, 3.63) is 29.6 Å². The van der Waals surface area contributed by atoms with Gasteiger partial charge in [0.15, 0.2) is 0 Å². The number of rotatable bonds is 5. The monoisotopic (exact) mass is 284 g/mol. The van der Waals surface area contributed by atoms with E-state index < -0.39 is 15.8 Å². The Labute approximate surface area is 110 Å². The number of halogens is 1. The van der Waals surface area contributed by atoms with Crippen LogP contribution >= 0.6 is 0 Å². The molecular weight excluding hydrogens is 271 g/mol. The van der Waals surface area contributed by atoms with Crippen LogP contribution in [0.15, 0.2) is 23.1 Å². The fourth-order valence-corrected chi connectivity index (χ4v) is 2.84. The Kier molecular flexibility index (Phi) is 3.58. The molecule has 2 rings (SSSR count). The second kappa shape index (κ2) is 4.89. The fraction of sp³-hybridized carbons (Fsp3) is 0.417. The molecule has 0 atom stereocenters. The highest BCUT2D eigenvalue weighted by molar-refractivity contribution is 7.89. The van der Waals surface area contributed by atoms with E-state index in [2.05, 4.69) is 4.72 Å². The van der Waals surface area contributed by atoms with E-state index in [4.69, 9.17) is 10.4 Å². The fourth-order valence-electron chi connectivity index (χ4n) is 1.66. The molecule has 0 radical (unpaired) electrons. The van der Waals surface area contributed by atoms with Crippen molar-refractivity contribution in [1.29, 1.82) is 5.26 Å². The number of benzene rings is 1. The molecule has 5 nitrogen and oxygen atoms in total. The first-order valence-electron chi connectivity index (χ1n) is 5.73. The van der Waals surface area contributed by atoms with Crippen molar-refractivity contribution in [1.82, 2.24) is 4.72 Å². The van der Waals surface area contributed by atoms with Crippen LogP contribution in [0, 0.1) is 22.6 Å². The summed E-state index contributed by atoms with van der Waals surface area (Å²) in [5, 5.41) is 17.8. The second-order valence-corrected chi connectivity index (χ2v) is 6.50. The van der Waals surface area contributed by atoms with E-state index in [0.717, 1.165) is 31.0 Å². The van der Waals surface area contributed by atoms with Crippen molar-refractivity contribution >= 4 is 10.0 Å². The Balaban J connectivity index is 2.18. The molecule has 0 heterocycles. The van der Waals surface area contributed by atoms with E-state index in [1.807, 2.05) is 0 Å². The predicted octanol–water partition coefficient (Wildman–Crippen LogP) is 0.748. The summed E-state index contributed by atoms with van der Waals surface area (Å²) in [5.41, 5.74) is -0.670. The molecule has 1 aromatic carbocycles. The summed E-state index contributed by atoms with van der Waals surface area (Å²) in [7, 11) is -3.79. The number of nitriles is 1. The zero-order valence-corrected chi connectivity index (χ0v) is 10.9. The van der Waals surface area contributed by atoms with Crippen LogP contribution in [0.5, 0.6) is 0 Å². The summed E-state index contributed by atoms with van der Waals surface area (Å²) in [6.45, 7) is 0.0769. The van der Waals surface area contributed by atoms with E-state index >= 15 is 0 Å². The van der Waals surface area contributed by atoms with Gasteiger partial charge in [-0.15, -0.1) is 0 Å². The second-order valence-electron chi connectivity index (χ2n) is 4.74. The molecule has 0 saturated heterocycles. The molecule has 102 valence electrons. The van der Waals surface area contributed by atoms with E-state index in [-0.39, 0.29) is 29.0 Å². The van der Waals surface area contributed by atoms with Crippen molar-refractivity contribution in [2.24, 2.45) is 5.41 Å². The van der Waals surface area contributed by atoms with Crippen molar-refractivity contribution in [3.63, 3.8) is 0 Å². The minimum Gasteiger partial charge on any atom is -0.396 e. The molecule has 0 unspecified atom stereocenters. The molecule has 1 aromatic rings. The van der Waals surface area contributed by atoms with Crippen molar-refractivity contribution in [2.45, 2.75) is 17.7 Å². The van der Waals surface area contributed by atoms with Crippen molar-refractivity contribution in [2.75, 3.05) is 13.2 Å². The van der Waals surface area contributed by atoms with Crippen LogP contribution in [0.2, 0.25) is 0 Å². The third kappa shape index (κ3) is 2.92. The summed E-state index contributed by atoms with van der Waals surface area (Å²) in [4.78, 5) is -0.154. The van der Waals surface area contributed by atoms with Gasteiger partial charge in [-0.1, -0.05) is 0 Å². The van der Waals surface area contributed by atoms with Gasteiger partial charge in [-0.3, -0.25) is 0 Å². The molecule has 2 N–H and O–H groups in total. The Morgan fingerprint density at radius 1 is 1.47 bits per heavy atom. The molecule has 0 aliphatic heterocycles. The summed E-state index contributed by atoms with van der Waals surface area (Å²) >= 11 is 0. The van der Waals surface area contributed by atoms with Gasteiger partial charge in [-0.05, 0) is 31.0 Å². The number of nitrogens with one attached hydrogen (secondary N) is 1. The van der Waals surface area contributed by atoms with Crippen LogP contribution in [0.4, 0.5) is 4.39 Å². The van der Waals surface area contributed by atoms with Crippen LogP contribution in [0.25, 0.3) is 0 Å². The average molecular weight is 284 g/mol. The SMILES string of the molecule is N#Cc1cc(S(=O)(=O)NCC2(CO)CC2)ccc1F. The number of nitrogens with zero attached hydrogens (tertiary/aromatic N) is 1. The Hall–Kier alpha value is -1.49. The van der Waals surface area contributed by atoms with Gasteiger partial charge in [0.2, 0.25) is 10.0 Å². The van der Waals surface area contributed by atoms with E-state index in [9.17, 15) is 12.8 Å². The lowest BCUT2D eigenvalue weighted by Gasteiger charge is -2.13. The maximum atomic E-state index is 13.1. The molecule has 1 fully saturated rings. The van der Waals surface area contributed by atoms with Gasteiger partial charge in [0.1, 0.15) is 11.9 Å². The smallest absolute Gasteiger partial charge is 0.240 e. The van der Waals surface area contributed by atoms with E-state index in [1.165, 1.54) is 0 Å². The third-order valence-corrected chi connectivity index (χ3v) is 4.70. The topological polar surface area (TPSA) is 90.2 Å².